The summed E-state index contributed by atoms with van der Waals surface area (Å²) in [6.07, 6.45) is -2.65. The van der Waals surface area contributed by atoms with Gasteiger partial charge in [-0.2, -0.15) is 0 Å². The van der Waals surface area contributed by atoms with Crippen molar-refractivity contribution in [3.05, 3.63) is 33.1 Å². The van der Waals surface area contributed by atoms with E-state index >= 15 is 0 Å². The highest BCUT2D eigenvalue weighted by Gasteiger charge is 2.24. The molecule has 0 aliphatic heterocycles. The molecular formula is C10H16FN2O7P. The van der Waals surface area contributed by atoms with Crippen LogP contribution in [0, 0.1) is 0 Å². The number of nitrogens with zero attached hydrogens (tertiary/aromatic N) is 1. The molecule has 11 heteroatoms. The Kier molecular flexibility index (Phi) is 6.93. The number of aromatic amines is 1. The molecule has 0 radical (unpaired) electrons. The zero-order valence-corrected chi connectivity index (χ0v) is 12.1. The number of aliphatic hydroxyl groups excluding tert-OH is 1. The second kappa shape index (κ2) is 8.20. The maximum atomic E-state index is 13.0. The minimum absolute atomic E-state index is 0.458. The second-order valence-electron chi connectivity index (χ2n) is 4.12. The van der Waals surface area contributed by atoms with Crippen LogP contribution >= 0.6 is 8.25 Å². The van der Waals surface area contributed by atoms with E-state index in [1.165, 1.54) is 6.92 Å². The van der Waals surface area contributed by atoms with Crippen molar-refractivity contribution < 1.29 is 28.2 Å². The number of aromatic nitrogens is 2. The van der Waals surface area contributed by atoms with E-state index in [0.717, 1.165) is 16.8 Å². The van der Waals surface area contributed by atoms with E-state index in [1.807, 2.05) is 4.98 Å². The Bertz CT molecular complexity index is 587. The Morgan fingerprint density at radius 2 is 2.19 bits per heavy atom. The summed E-state index contributed by atoms with van der Waals surface area (Å²) in [5.74, 6) is 0. The SMILES string of the molecule is C[C@H](O)[C@@H](CO[PH](=O)O)O[C@H](CF)n1ccc(=O)[nH]c1=O. The van der Waals surface area contributed by atoms with Gasteiger partial charge in [-0.3, -0.25) is 18.9 Å². The van der Waals surface area contributed by atoms with Gasteiger partial charge in [0.1, 0.15) is 12.8 Å². The summed E-state index contributed by atoms with van der Waals surface area (Å²) in [6.45, 7) is -0.266. The second-order valence-corrected chi connectivity index (χ2v) is 4.94. The number of halogens is 1. The molecule has 0 aliphatic carbocycles. The lowest BCUT2D eigenvalue weighted by Crippen LogP contribution is -2.39. The predicted molar refractivity (Wildman–Crippen MR) is 70.1 cm³/mol. The van der Waals surface area contributed by atoms with Crippen LogP contribution in [-0.4, -0.2) is 45.0 Å². The van der Waals surface area contributed by atoms with Crippen molar-refractivity contribution in [1.29, 1.82) is 0 Å². The van der Waals surface area contributed by atoms with Gasteiger partial charge >= 0.3 is 13.9 Å². The molecule has 1 heterocycles. The summed E-state index contributed by atoms with van der Waals surface area (Å²) < 4.78 is 34.0. The molecule has 1 aromatic rings. The summed E-state index contributed by atoms with van der Waals surface area (Å²) in [5.41, 5.74) is -1.53. The minimum Gasteiger partial charge on any atom is -0.391 e. The third kappa shape index (κ3) is 5.52. The van der Waals surface area contributed by atoms with Crippen LogP contribution in [0.5, 0.6) is 0 Å². The van der Waals surface area contributed by atoms with Crippen molar-refractivity contribution in [2.24, 2.45) is 0 Å². The first-order valence-electron chi connectivity index (χ1n) is 5.91. The maximum absolute atomic E-state index is 13.0. The lowest BCUT2D eigenvalue weighted by atomic mass is 10.2. The largest absolute Gasteiger partial charge is 0.391 e. The van der Waals surface area contributed by atoms with E-state index in [4.69, 9.17) is 9.63 Å². The third-order valence-electron chi connectivity index (χ3n) is 2.53. The van der Waals surface area contributed by atoms with E-state index in [0.29, 0.717) is 0 Å². The molecule has 0 fully saturated rings. The highest BCUT2D eigenvalue weighted by Crippen LogP contribution is 2.19. The van der Waals surface area contributed by atoms with Crippen molar-refractivity contribution in [2.45, 2.75) is 25.4 Å². The van der Waals surface area contributed by atoms with Crippen LogP contribution in [0.4, 0.5) is 4.39 Å². The molecule has 0 bridgehead atoms. The molecule has 0 amide bonds. The monoisotopic (exact) mass is 326 g/mol. The fourth-order valence-corrected chi connectivity index (χ4v) is 1.78. The van der Waals surface area contributed by atoms with E-state index in [9.17, 15) is 23.7 Å². The lowest BCUT2D eigenvalue weighted by molar-refractivity contribution is -0.122. The maximum Gasteiger partial charge on any atom is 0.330 e. The molecule has 0 saturated carbocycles. The van der Waals surface area contributed by atoms with E-state index in [2.05, 4.69) is 4.52 Å². The molecule has 0 saturated heterocycles. The average Bonchev–Trinajstić information content (AvgIpc) is 2.39. The Hall–Kier alpha value is -1.32. The van der Waals surface area contributed by atoms with Crippen molar-refractivity contribution in [1.82, 2.24) is 9.55 Å². The van der Waals surface area contributed by atoms with Crippen molar-refractivity contribution in [3.8, 4) is 0 Å². The molecule has 120 valence electrons. The van der Waals surface area contributed by atoms with Crippen LogP contribution in [-0.2, 0) is 13.8 Å². The summed E-state index contributed by atoms with van der Waals surface area (Å²) in [4.78, 5) is 33.0. The van der Waals surface area contributed by atoms with E-state index < -0.39 is 51.2 Å². The smallest absolute Gasteiger partial charge is 0.330 e. The number of hydrogen-bond donors (Lipinski definition) is 3. The van der Waals surface area contributed by atoms with Crippen LogP contribution in [0.25, 0.3) is 0 Å². The van der Waals surface area contributed by atoms with Crippen molar-refractivity contribution in [2.75, 3.05) is 13.3 Å². The third-order valence-corrected chi connectivity index (χ3v) is 2.95. The fraction of sp³-hybridized carbons (Fsp3) is 0.600. The van der Waals surface area contributed by atoms with Gasteiger partial charge in [0.2, 0.25) is 0 Å². The standard InChI is InChI=1S/C10H16FN2O7P/c1-6(14)7(5-19-21(17)18)20-9(4-11)13-3-2-8(15)12-10(13)16/h2-3,6-7,9,14,21H,4-5H2,1H3,(H,17,18)(H,12,15,16)/t6-,7+,9+/m0/s1. The van der Waals surface area contributed by atoms with Crippen LogP contribution < -0.4 is 11.2 Å². The number of H-pyrrole nitrogens is 1. The number of hydrogen-bond acceptors (Lipinski definition) is 6. The molecule has 1 rings (SSSR count). The minimum atomic E-state index is -3.23. The van der Waals surface area contributed by atoms with E-state index in [1.54, 1.807) is 0 Å². The Morgan fingerprint density at radius 1 is 1.52 bits per heavy atom. The van der Waals surface area contributed by atoms with Crippen molar-refractivity contribution in [3.63, 3.8) is 0 Å². The van der Waals surface area contributed by atoms with Gasteiger partial charge in [-0.05, 0) is 6.92 Å². The van der Waals surface area contributed by atoms with Gasteiger partial charge in [-0.25, -0.2) is 9.18 Å². The van der Waals surface area contributed by atoms with E-state index in [-0.39, 0.29) is 0 Å². The van der Waals surface area contributed by atoms with Crippen molar-refractivity contribution >= 4 is 8.25 Å². The van der Waals surface area contributed by atoms with Crippen LogP contribution in [0.2, 0.25) is 0 Å². The quantitative estimate of drug-likeness (QED) is 0.531. The first kappa shape index (κ1) is 17.7. The number of alkyl halides is 1. The molecule has 0 spiro atoms. The molecule has 0 aromatic carbocycles. The summed E-state index contributed by atoms with van der Waals surface area (Å²) in [6, 6.07) is 1.01. The molecule has 4 atom stereocenters. The number of aliphatic hydroxyl groups is 1. The summed E-state index contributed by atoms with van der Waals surface area (Å²) in [7, 11) is -3.23. The fourth-order valence-electron chi connectivity index (χ4n) is 1.48. The molecule has 9 nitrogen and oxygen atoms in total. The van der Waals surface area contributed by atoms with Crippen LogP contribution in [0.3, 0.4) is 0 Å². The zero-order valence-electron chi connectivity index (χ0n) is 11.1. The molecule has 1 aromatic heterocycles. The summed E-state index contributed by atoms with van der Waals surface area (Å²) >= 11 is 0. The number of ether oxygens (including phenoxy) is 1. The average molecular weight is 326 g/mol. The first-order chi connectivity index (χ1) is 9.85. The Balaban J connectivity index is 2.90. The lowest BCUT2D eigenvalue weighted by Gasteiger charge is -2.25. The van der Waals surface area contributed by atoms with Gasteiger partial charge in [-0.15, -0.1) is 0 Å². The number of rotatable bonds is 8. The molecule has 3 N–H and O–H groups in total. The molecular weight excluding hydrogens is 310 g/mol. The predicted octanol–water partition coefficient (Wildman–Crippen LogP) is -0.831. The molecule has 1 unspecified atom stereocenters. The van der Waals surface area contributed by atoms with Gasteiger partial charge < -0.3 is 19.3 Å². The normalized spacial score (nSPS) is 17.1. The van der Waals surface area contributed by atoms with Gasteiger partial charge in [0.25, 0.3) is 5.56 Å². The van der Waals surface area contributed by atoms with Gasteiger partial charge in [0.15, 0.2) is 6.23 Å². The highest BCUT2D eigenvalue weighted by molar-refractivity contribution is 7.32. The zero-order chi connectivity index (χ0) is 16.0. The van der Waals surface area contributed by atoms with Crippen LogP contribution in [0.15, 0.2) is 21.9 Å². The first-order valence-corrected chi connectivity index (χ1v) is 7.18. The highest BCUT2D eigenvalue weighted by atomic mass is 31.1. The number of nitrogens with one attached hydrogen (secondary N) is 1. The molecule has 0 aliphatic rings. The summed E-state index contributed by atoms with van der Waals surface area (Å²) in [5, 5.41) is 9.48. The van der Waals surface area contributed by atoms with Gasteiger partial charge in [0, 0.05) is 12.3 Å². The topological polar surface area (TPSA) is 131 Å². The Labute approximate surface area is 118 Å². The molecule has 21 heavy (non-hydrogen) atoms. The van der Waals surface area contributed by atoms with Crippen LogP contribution in [0.1, 0.15) is 13.2 Å². The van der Waals surface area contributed by atoms with Gasteiger partial charge in [0.05, 0.1) is 12.7 Å². The Morgan fingerprint density at radius 3 is 2.67 bits per heavy atom. The van der Waals surface area contributed by atoms with Gasteiger partial charge in [-0.1, -0.05) is 0 Å².